The topological polar surface area (TPSA) is 17.1 Å². The standard InChI is InChI=1S/C10H16OS4/c1-7(2)10(11)13-5-4-12-9-6-14-8(3)15-9/h8-9H,1,4-6H2,2-3H3. The maximum Gasteiger partial charge on any atom is 0.214 e. The lowest BCUT2D eigenvalue weighted by atomic mass is 10.4. The SMILES string of the molecule is C=C(C)C(=O)SCCSC1CSC(C)S1. The van der Waals surface area contributed by atoms with Crippen molar-refractivity contribution >= 4 is 52.2 Å². The van der Waals surface area contributed by atoms with Gasteiger partial charge >= 0.3 is 0 Å². The van der Waals surface area contributed by atoms with Gasteiger partial charge in [-0.15, -0.1) is 35.3 Å². The third kappa shape index (κ3) is 5.61. The summed E-state index contributed by atoms with van der Waals surface area (Å²) in [5, 5.41) is 0.136. The van der Waals surface area contributed by atoms with Crippen LogP contribution in [0.5, 0.6) is 0 Å². The summed E-state index contributed by atoms with van der Waals surface area (Å²) in [7, 11) is 0. The van der Waals surface area contributed by atoms with Gasteiger partial charge in [0.2, 0.25) is 5.12 Å². The summed E-state index contributed by atoms with van der Waals surface area (Å²) in [6.07, 6.45) is 0. The van der Waals surface area contributed by atoms with Crippen LogP contribution in [0.3, 0.4) is 0 Å². The largest absolute Gasteiger partial charge is 0.282 e. The predicted octanol–water partition coefficient (Wildman–Crippen LogP) is 3.71. The Morgan fingerprint density at radius 3 is 2.80 bits per heavy atom. The summed E-state index contributed by atoms with van der Waals surface area (Å²) >= 11 is 7.45. The van der Waals surface area contributed by atoms with Crippen LogP contribution in [-0.4, -0.2) is 31.5 Å². The summed E-state index contributed by atoms with van der Waals surface area (Å²) in [5.74, 6) is 3.22. The highest BCUT2D eigenvalue weighted by Gasteiger charge is 2.22. The van der Waals surface area contributed by atoms with Crippen LogP contribution in [0.15, 0.2) is 12.2 Å². The summed E-state index contributed by atoms with van der Waals surface area (Å²) in [6.45, 7) is 7.67. The molecule has 1 rings (SSSR count). The number of carbonyl (C=O) groups is 1. The van der Waals surface area contributed by atoms with Gasteiger partial charge in [0.1, 0.15) is 0 Å². The van der Waals surface area contributed by atoms with Crippen LogP contribution in [0.4, 0.5) is 0 Å². The molecule has 1 heterocycles. The number of hydrogen-bond donors (Lipinski definition) is 0. The molecular weight excluding hydrogens is 264 g/mol. The summed E-state index contributed by atoms with van der Waals surface area (Å²) in [5.41, 5.74) is 0.657. The zero-order valence-electron chi connectivity index (χ0n) is 9.02. The average molecular weight is 281 g/mol. The molecule has 0 aromatic rings. The quantitative estimate of drug-likeness (QED) is 0.562. The molecule has 0 aromatic carbocycles. The van der Waals surface area contributed by atoms with Crippen molar-refractivity contribution in [1.29, 1.82) is 0 Å². The lowest BCUT2D eigenvalue weighted by Crippen LogP contribution is -2.00. The molecule has 0 aromatic heterocycles. The molecule has 0 amide bonds. The Balaban J connectivity index is 2.02. The molecular formula is C10H16OS4. The zero-order valence-corrected chi connectivity index (χ0v) is 12.3. The van der Waals surface area contributed by atoms with Crippen LogP contribution in [0.2, 0.25) is 0 Å². The Morgan fingerprint density at radius 2 is 2.27 bits per heavy atom. The van der Waals surface area contributed by atoms with Crippen molar-refractivity contribution in [2.75, 3.05) is 17.3 Å². The first kappa shape index (κ1) is 13.9. The molecule has 0 N–H and O–H groups in total. The lowest BCUT2D eigenvalue weighted by Gasteiger charge is -2.07. The molecule has 15 heavy (non-hydrogen) atoms. The monoisotopic (exact) mass is 280 g/mol. The molecule has 0 aliphatic carbocycles. The highest BCUT2D eigenvalue weighted by atomic mass is 32.2. The van der Waals surface area contributed by atoms with Crippen LogP contribution in [0, 0.1) is 0 Å². The van der Waals surface area contributed by atoms with Gasteiger partial charge in [0.25, 0.3) is 0 Å². The molecule has 5 heteroatoms. The van der Waals surface area contributed by atoms with Gasteiger partial charge in [-0.25, -0.2) is 0 Å². The van der Waals surface area contributed by atoms with Crippen LogP contribution >= 0.6 is 47.0 Å². The number of hydrogen-bond acceptors (Lipinski definition) is 5. The van der Waals surface area contributed by atoms with E-state index in [1.807, 2.05) is 35.3 Å². The van der Waals surface area contributed by atoms with E-state index in [-0.39, 0.29) is 5.12 Å². The van der Waals surface area contributed by atoms with E-state index in [0.717, 1.165) is 20.7 Å². The van der Waals surface area contributed by atoms with Gasteiger partial charge in [0, 0.05) is 21.8 Å². The second kappa shape index (κ2) is 7.20. The van der Waals surface area contributed by atoms with E-state index in [2.05, 4.69) is 13.5 Å². The second-order valence-electron chi connectivity index (χ2n) is 3.25. The zero-order chi connectivity index (χ0) is 11.3. The number of carbonyl (C=O) groups excluding carboxylic acids is 1. The maximum absolute atomic E-state index is 11.2. The number of thioether (sulfide) groups is 4. The summed E-state index contributed by atoms with van der Waals surface area (Å²) in [4.78, 5) is 11.2. The molecule has 2 atom stereocenters. The molecule has 1 nitrogen and oxygen atoms in total. The highest BCUT2D eigenvalue weighted by Crippen LogP contribution is 2.42. The average Bonchev–Trinajstić information content (AvgIpc) is 2.58. The summed E-state index contributed by atoms with van der Waals surface area (Å²) < 4.78 is 1.47. The Kier molecular flexibility index (Phi) is 6.66. The first-order chi connectivity index (χ1) is 7.09. The predicted molar refractivity (Wildman–Crippen MR) is 78.0 cm³/mol. The van der Waals surface area contributed by atoms with E-state index in [9.17, 15) is 4.79 Å². The van der Waals surface area contributed by atoms with Crippen molar-refractivity contribution in [2.45, 2.75) is 23.0 Å². The fourth-order valence-electron chi connectivity index (χ4n) is 1.03. The van der Waals surface area contributed by atoms with Crippen molar-refractivity contribution < 1.29 is 4.79 Å². The second-order valence-corrected chi connectivity index (χ2v) is 9.15. The van der Waals surface area contributed by atoms with E-state index in [1.165, 1.54) is 17.5 Å². The van der Waals surface area contributed by atoms with Crippen molar-refractivity contribution in [1.82, 2.24) is 0 Å². The van der Waals surface area contributed by atoms with Gasteiger partial charge in [0.15, 0.2) is 0 Å². The van der Waals surface area contributed by atoms with Gasteiger partial charge in [-0.05, 0) is 19.4 Å². The molecule has 0 spiro atoms. The minimum atomic E-state index is 0.136. The van der Waals surface area contributed by atoms with Crippen LogP contribution < -0.4 is 0 Å². The Hall–Kier alpha value is 0.810. The van der Waals surface area contributed by atoms with E-state index < -0.39 is 0 Å². The normalized spacial score (nSPS) is 25.5. The summed E-state index contributed by atoms with van der Waals surface area (Å²) in [6, 6.07) is 0. The maximum atomic E-state index is 11.2. The van der Waals surface area contributed by atoms with Crippen molar-refractivity contribution in [3.05, 3.63) is 12.2 Å². The van der Waals surface area contributed by atoms with Gasteiger partial charge < -0.3 is 0 Å². The Morgan fingerprint density at radius 1 is 1.53 bits per heavy atom. The van der Waals surface area contributed by atoms with Gasteiger partial charge in [-0.2, -0.15) is 0 Å². The smallest absolute Gasteiger partial charge is 0.214 e. The Bertz CT molecular complexity index is 242. The van der Waals surface area contributed by atoms with E-state index in [1.54, 1.807) is 6.92 Å². The third-order valence-electron chi connectivity index (χ3n) is 1.78. The molecule has 86 valence electrons. The molecule has 0 bridgehead atoms. The molecule has 1 aliphatic rings. The van der Waals surface area contributed by atoms with Crippen molar-refractivity contribution in [3.8, 4) is 0 Å². The fourth-order valence-corrected chi connectivity index (χ4v) is 6.74. The lowest BCUT2D eigenvalue weighted by molar-refractivity contribution is -0.107. The molecule has 0 saturated carbocycles. The Labute approximate surface area is 109 Å². The molecule has 2 unspecified atom stereocenters. The molecule has 1 fully saturated rings. The fraction of sp³-hybridized carbons (Fsp3) is 0.700. The first-order valence-corrected chi connectivity index (χ1v) is 8.83. The van der Waals surface area contributed by atoms with Gasteiger partial charge in [-0.3, -0.25) is 4.79 Å². The van der Waals surface area contributed by atoms with E-state index >= 15 is 0 Å². The van der Waals surface area contributed by atoms with Crippen molar-refractivity contribution in [3.63, 3.8) is 0 Å². The van der Waals surface area contributed by atoms with Crippen LogP contribution in [-0.2, 0) is 4.79 Å². The van der Waals surface area contributed by atoms with E-state index in [4.69, 9.17) is 0 Å². The highest BCUT2D eigenvalue weighted by molar-refractivity contribution is 8.28. The van der Waals surface area contributed by atoms with Gasteiger partial charge in [0.05, 0.1) is 4.58 Å². The molecule has 1 aliphatic heterocycles. The third-order valence-corrected chi connectivity index (χ3v) is 7.79. The van der Waals surface area contributed by atoms with Gasteiger partial charge in [-0.1, -0.05) is 18.3 Å². The van der Waals surface area contributed by atoms with Crippen LogP contribution in [0.1, 0.15) is 13.8 Å². The van der Waals surface area contributed by atoms with Crippen LogP contribution in [0.25, 0.3) is 0 Å². The van der Waals surface area contributed by atoms with Crippen molar-refractivity contribution in [2.24, 2.45) is 0 Å². The first-order valence-electron chi connectivity index (χ1n) is 4.81. The number of rotatable bonds is 5. The molecule has 0 radical (unpaired) electrons. The minimum absolute atomic E-state index is 0.136. The minimum Gasteiger partial charge on any atom is -0.282 e. The van der Waals surface area contributed by atoms with E-state index in [0.29, 0.717) is 5.57 Å². The molecule has 1 saturated heterocycles.